The highest BCUT2D eigenvalue weighted by atomic mass is 16.3. The summed E-state index contributed by atoms with van der Waals surface area (Å²) in [4.78, 5) is 41.0. The molecule has 0 aliphatic carbocycles. The fraction of sp³-hybridized carbons (Fsp3) is 0.310. The molecule has 12 nitrogen and oxygen atoms in total. The number of piperazine rings is 1. The van der Waals surface area contributed by atoms with Crippen LogP contribution in [0.1, 0.15) is 34.7 Å². The van der Waals surface area contributed by atoms with Crippen molar-refractivity contribution in [1.29, 1.82) is 0 Å². The largest absolute Gasteiger partial charge is 0.443 e. The molecule has 2 aliphatic heterocycles. The lowest BCUT2D eigenvalue weighted by molar-refractivity contribution is 0.0946. The maximum absolute atomic E-state index is 13.4. The number of aromatic nitrogens is 6. The van der Waals surface area contributed by atoms with Crippen molar-refractivity contribution in [1.82, 2.24) is 39.5 Å². The number of imidazole rings is 1. The Balaban J connectivity index is 1.17. The molecule has 0 radical (unpaired) electrons. The van der Waals surface area contributed by atoms with Crippen molar-refractivity contribution in [2.75, 3.05) is 30.8 Å². The van der Waals surface area contributed by atoms with Gasteiger partial charge in [-0.05, 0) is 51.1 Å². The van der Waals surface area contributed by atoms with Crippen LogP contribution < -0.4 is 16.0 Å². The quantitative estimate of drug-likeness (QED) is 0.324. The maximum atomic E-state index is 13.4. The zero-order valence-electron chi connectivity index (χ0n) is 22.9. The third-order valence-electron chi connectivity index (χ3n) is 7.89. The molecule has 7 heterocycles. The molecule has 0 aromatic carbocycles. The van der Waals surface area contributed by atoms with Gasteiger partial charge in [0.15, 0.2) is 17.2 Å². The van der Waals surface area contributed by atoms with Crippen LogP contribution in [-0.2, 0) is 6.54 Å². The molecular formula is C29H30N10O2. The molecule has 7 rings (SSSR count). The number of rotatable bonds is 6. The third-order valence-corrected chi connectivity index (χ3v) is 7.89. The number of nitrogens with two attached hydrogens (primary N) is 1. The van der Waals surface area contributed by atoms with Gasteiger partial charge in [0.25, 0.3) is 5.91 Å². The van der Waals surface area contributed by atoms with Crippen LogP contribution in [0.5, 0.6) is 0 Å². The number of amides is 1. The lowest BCUT2D eigenvalue weighted by atomic mass is 10.1. The van der Waals surface area contributed by atoms with Crippen molar-refractivity contribution < 1.29 is 9.21 Å². The minimum Gasteiger partial charge on any atom is -0.443 e. The van der Waals surface area contributed by atoms with Gasteiger partial charge in [0.05, 0.1) is 18.4 Å². The number of anilines is 2. The van der Waals surface area contributed by atoms with Crippen molar-refractivity contribution in [3.8, 4) is 22.8 Å². The Bertz CT molecular complexity index is 1730. The van der Waals surface area contributed by atoms with Crippen molar-refractivity contribution in [2.45, 2.75) is 38.4 Å². The Kier molecular flexibility index (Phi) is 6.11. The number of nitrogen functional groups attached to an aromatic ring is 1. The molecule has 0 saturated carbocycles. The number of carbonyl (C=O) groups excluding carboxylic acids is 1. The minimum atomic E-state index is -0.443. The summed E-state index contributed by atoms with van der Waals surface area (Å²) < 4.78 is 7.46. The lowest BCUT2D eigenvalue weighted by Crippen LogP contribution is -2.52. The molecule has 2 atom stereocenters. The minimum absolute atomic E-state index is 0.0185. The van der Waals surface area contributed by atoms with Crippen molar-refractivity contribution in [3.05, 3.63) is 72.3 Å². The van der Waals surface area contributed by atoms with E-state index in [2.05, 4.69) is 43.2 Å². The maximum Gasteiger partial charge on any atom is 0.274 e. The number of aryl methyl sites for hydroxylation is 1. The molecular weight excluding hydrogens is 520 g/mol. The molecule has 1 amide bonds. The Morgan fingerprint density at radius 1 is 1.07 bits per heavy atom. The summed E-state index contributed by atoms with van der Waals surface area (Å²) in [5.74, 6) is 0.754. The van der Waals surface area contributed by atoms with E-state index >= 15 is 0 Å². The molecule has 0 spiro atoms. The van der Waals surface area contributed by atoms with Gasteiger partial charge in [0.2, 0.25) is 5.89 Å². The van der Waals surface area contributed by atoms with E-state index in [0.717, 1.165) is 35.9 Å². The number of likely N-dealkylation sites (N-methyl/N-ethyl adjacent to an activating group) is 1. The standard InChI is InChI=1S/C29H30N10O2/c1-17-12-32-22-9-6-18(14-38(17)22)24-25(29-31-10-11-41-29)36-27(30)26(35-24)28(40)33-13-19-4-3-5-23(34-19)39-20-7-8-21(39)16-37(2)15-20/h3-6,9-12,14,20-21H,7-8,13,15-16H2,1-2H3,(H2,30,36)(H,33,40)/t20-,21+. The molecule has 2 saturated heterocycles. The van der Waals surface area contributed by atoms with Gasteiger partial charge in [-0.2, -0.15) is 0 Å². The first-order valence-electron chi connectivity index (χ1n) is 13.7. The van der Waals surface area contributed by atoms with Crippen molar-refractivity contribution in [2.24, 2.45) is 0 Å². The molecule has 2 bridgehead atoms. The van der Waals surface area contributed by atoms with E-state index in [1.807, 2.05) is 41.8 Å². The van der Waals surface area contributed by atoms with Crippen LogP contribution in [0.4, 0.5) is 11.6 Å². The second-order valence-corrected chi connectivity index (χ2v) is 10.7. The Morgan fingerprint density at radius 3 is 2.68 bits per heavy atom. The molecule has 2 fully saturated rings. The Hall–Kier alpha value is -4.84. The van der Waals surface area contributed by atoms with Gasteiger partial charge in [0.1, 0.15) is 23.4 Å². The van der Waals surface area contributed by atoms with Gasteiger partial charge >= 0.3 is 0 Å². The smallest absolute Gasteiger partial charge is 0.274 e. The van der Waals surface area contributed by atoms with Crippen LogP contribution in [0.15, 0.2) is 59.6 Å². The second-order valence-electron chi connectivity index (χ2n) is 10.7. The van der Waals surface area contributed by atoms with Crippen LogP contribution in [0, 0.1) is 6.92 Å². The summed E-state index contributed by atoms with van der Waals surface area (Å²) in [7, 11) is 2.18. The number of nitrogens with one attached hydrogen (secondary N) is 1. The van der Waals surface area contributed by atoms with E-state index in [-0.39, 0.29) is 23.9 Å². The molecule has 5 aromatic heterocycles. The van der Waals surface area contributed by atoms with Gasteiger partial charge in [-0.1, -0.05) is 6.07 Å². The summed E-state index contributed by atoms with van der Waals surface area (Å²) in [5, 5.41) is 2.93. The lowest BCUT2D eigenvalue weighted by Gasteiger charge is -2.40. The molecule has 41 heavy (non-hydrogen) atoms. The Labute approximate surface area is 236 Å². The average Bonchev–Trinajstić information content (AvgIpc) is 3.70. The van der Waals surface area contributed by atoms with Gasteiger partial charge < -0.3 is 29.7 Å². The third kappa shape index (κ3) is 4.55. The van der Waals surface area contributed by atoms with Crippen molar-refractivity contribution in [3.63, 3.8) is 0 Å². The average molecular weight is 551 g/mol. The van der Waals surface area contributed by atoms with E-state index in [9.17, 15) is 4.79 Å². The second kappa shape index (κ2) is 9.97. The first-order chi connectivity index (χ1) is 19.9. The van der Waals surface area contributed by atoms with Crippen LogP contribution in [0.3, 0.4) is 0 Å². The number of likely N-dealkylation sites (tertiary alicyclic amines) is 1. The number of pyridine rings is 2. The van der Waals surface area contributed by atoms with Crippen molar-refractivity contribution >= 4 is 23.2 Å². The highest BCUT2D eigenvalue weighted by Crippen LogP contribution is 2.34. The number of nitrogens with zero attached hydrogens (tertiary/aromatic N) is 8. The first-order valence-corrected chi connectivity index (χ1v) is 13.7. The highest BCUT2D eigenvalue weighted by molar-refractivity contribution is 5.97. The summed E-state index contributed by atoms with van der Waals surface area (Å²) in [6.07, 6.45) is 9.01. The SMILES string of the molecule is Cc1cnc2ccc(-c3nc(C(=O)NCc4cccc(N5[C@@H]6CC[C@H]5CN(C)C6)n4)c(N)nc3-c3ncco3)cn12. The zero-order chi connectivity index (χ0) is 28.1. The molecule has 12 heteroatoms. The van der Waals surface area contributed by atoms with Gasteiger partial charge in [0, 0.05) is 48.8 Å². The van der Waals surface area contributed by atoms with Crippen LogP contribution in [-0.4, -0.2) is 72.3 Å². The summed E-state index contributed by atoms with van der Waals surface area (Å²) >= 11 is 0. The number of carbonyl (C=O) groups is 1. The predicted molar refractivity (Wildman–Crippen MR) is 153 cm³/mol. The normalized spacial score (nSPS) is 18.7. The van der Waals surface area contributed by atoms with E-state index in [4.69, 9.17) is 20.1 Å². The highest BCUT2D eigenvalue weighted by Gasteiger charge is 2.39. The number of oxazole rings is 1. The summed E-state index contributed by atoms with van der Waals surface area (Å²) in [6, 6.07) is 10.7. The molecule has 5 aromatic rings. The number of fused-ring (bicyclic) bond motifs is 3. The van der Waals surface area contributed by atoms with Gasteiger partial charge in [-0.25, -0.2) is 24.9 Å². The molecule has 208 valence electrons. The monoisotopic (exact) mass is 550 g/mol. The fourth-order valence-corrected chi connectivity index (χ4v) is 6.00. The predicted octanol–water partition coefficient (Wildman–Crippen LogP) is 2.94. The van der Waals surface area contributed by atoms with Crippen LogP contribution in [0.25, 0.3) is 28.5 Å². The van der Waals surface area contributed by atoms with E-state index < -0.39 is 5.91 Å². The van der Waals surface area contributed by atoms with Gasteiger partial charge in [-0.3, -0.25) is 4.79 Å². The molecule has 0 unspecified atom stereocenters. The van der Waals surface area contributed by atoms with E-state index in [1.165, 1.54) is 25.3 Å². The summed E-state index contributed by atoms with van der Waals surface area (Å²) in [5.41, 5.74) is 10.3. The van der Waals surface area contributed by atoms with Crippen LogP contribution in [0.2, 0.25) is 0 Å². The molecule has 2 aliphatic rings. The van der Waals surface area contributed by atoms with E-state index in [0.29, 0.717) is 29.0 Å². The van der Waals surface area contributed by atoms with E-state index in [1.54, 1.807) is 6.20 Å². The Morgan fingerprint density at radius 2 is 1.90 bits per heavy atom. The fourth-order valence-electron chi connectivity index (χ4n) is 6.00. The summed E-state index contributed by atoms with van der Waals surface area (Å²) in [6.45, 7) is 4.27. The number of hydrogen-bond acceptors (Lipinski definition) is 10. The topological polar surface area (TPSA) is 144 Å². The first kappa shape index (κ1) is 25.1. The zero-order valence-corrected chi connectivity index (χ0v) is 22.9. The number of hydrogen-bond donors (Lipinski definition) is 2. The molecule has 3 N–H and O–H groups in total. The van der Waals surface area contributed by atoms with Crippen LogP contribution >= 0.6 is 0 Å². The van der Waals surface area contributed by atoms with Gasteiger partial charge in [-0.15, -0.1) is 0 Å².